The summed E-state index contributed by atoms with van der Waals surface area (Å²) < 4.78 is 5.72. The number of anilines is 1. The van der Waals surface area contributed by atoms with Crippen LogP contribution in [0.25, 0.3) is 0 Å². The molecule has 1 aromatic carbocycles. The number of hydrogen-bond donors (Lipinski definition) is 2. The van der Waals surface area contributed by atoms with Gasteiger partial charge >= 0.3 is 0 Å². The molecular formula is C18H29N3O. The first-order valence-corrected chi connectivity index (χ1v) is 8.40. The van der Waals surface area contributed by atoms with E-state index in [2.05, 4.69) is 42.4 Å². The predicted octanol–water partition coefficient (Wildman–Crippen LogP) is 3.35. The fourth-order valence-electron chi connectivity index (χ4n) is 2.97. The standard InChI is InChI=1S/C18H29N3O/c1-4-22-17(13(2)3)10-11-20-18(19)21-16-9-8-14-6-5-7-15(14)12-16/h8-9,12-13,17H,4-7,10-11H2,1-3H3,(H3,19,20,21). The maximum absolute atomic E-state index is 5.99. The Morgan fingerprint density at radius 3 is 2.82 bits per heavy atom. The van der Waals surface area contributed by atoms with E-state index in [1.54, 1.807) is 0 Å². The van der Waals surface area contributed by atoms with Crippen molar-refractivity contribution in [1.29, 1.82) is 0 Å². The van der Waals surface area contributed by atoms with Crippen molar-refractivity contribution in [3.05, 3.63) is 29.3 Å². The topological polar surface area (TPSA) is 59.6 Å². The Morgan fingerprint density at radius 2 is 2.09 bits per heavy atom. The first-order valence-electron chi connectivity index (χ1n) is 8.40. The van der Waals surface area contributed by atoms with Gasteiger partial charge in [-0.05, 0) is 61.8 Å². The Balaban J connectivity index is 1.84. The molecule has 3 N–H and O–H groups in total. The second kappa shape index (κ2) is 8.18. The second-order valence-corrected chi connectivity index (χ2v) is 6.26. The van der Waals surface area contributed by atoms with Crippen LogP contribution in [0.1, 0.15) is 44.7 Å². The largest absolute Gasteiger partial charge is 0.378 e. The summed E-state index contributed by atoms with van der Waals surface area (Å²) in [6, 6.07) is 6.48. The van der Waals surface area contributed by atoms with E-state index in [0.29, 0.717) is 18.4 Å². The van der Waals surface area contributed by atoms with Gasteiger partial charge in [-0.1, -0.05) is 19.9 Å². The SMILES string of the molecule is CCOC(CCN=C(N)Nc1ccc2c(c1)CCC2)C(C)C. The number of fused-ring (bicyclic) bond motifs is 1. The highest BCUT2D eigenvalue weighted by atomic mass is 16.5. The maximum atomic E-state index is 5.99. The molecule has 0 aliphatic heterocycles. The van der Waals surface area contributed by atoms with Crippen molar-refractivity contribution >= 4 is 11.6 Å². The van der Waals surface area contributed by atoms with Gasteiger partial charge in [-0.15, -0.1) is 0 Å². The van der Waals surface area contributed by atoms with E-state index in [-0.39, 0.29) is 6.10 Å². The van der Waals surface area contributed by atoms with E-state index in [9.17, 15) is 0 Å². The Bertz CT molecular complexity index is 511. The van der Waals surface area contributed by atoms with Crippen LogP contribution in [-0.2, 0) is 17.6 Å². The van der Waals surface area contributed by atoms with Gasteiger partial charge in [-0.3, -0.25) is 4.99 Å². The van der Waals surface area contributed by atoms with Gasteiger partial charge in [0.2, 0.25) is 0 Å². The van der Waals surface area contributed by atoms with Crippen molar-refractivity contribution in [2.75, 3.05) is 18.5 Å². The number of hydrogen-bond acceptors (Lipinski definition) is 2. The van der Waals surface area contributed by atoms with E-state index < -0.39 is 0 Å². The molecule has 0 heterocycles. The molecule has 1 unspecified atom stereocenters. The van der Waals surface area contributed by atoms with Crippen LogP contribution in [0.15, 0.2) is 23.2 Å². The van der Waals surface area contributed by atoms with Crippen molar-refractivity contribution in [3.8, 4) is 0 Å². The van der Waals surface area contributed by atoms with Crippen molar-refractivity contribution in [2.24, 2.45) is 16.6 Å². The van der Waals surface area contributed by atoms with Gasteiger partial charge in [0.25, 0.3) is 0 Å². The molecule has 0 saturated carbocycles. The number of aliphatic imine (C=N–C) groups is 1. The lowest BCUT2D eigenvalue weighted by atomic mass is 10.0. The summed E-state index contributed by atoms with van der Waals surface area (Å²) in [4.78, 5) is 4.42. The summed E-state index contributed by atoms with van der Waals surface area (Å²) in [5.41, 5.74) is 9.93. The first kappa shape index (κ1) is 16.8. The Labute approximate surface area is 134 Å². The van der Waals surface area contributed by atoms with Crippen molar-refractivity contribution < 1.29 is 4.74 Å². The zero-order valence-corrected chi connectivity index (χ0v) is 14.1. The number of nitrogens with zero attached hydrogens (tertiary/aromatic N) is 1. The summed E-state index contributed by atoms with van der Waals surface area (Å²) in [7, 11) is 0. The Morgan fingerprint density at radius 1 is 1.32 bits per heavy atom. The minimum Gasteiger partial charge on any atom is -0.378 e. The third-order valence-electron chi connectivity index (χ3n) is 4.19. The van der Waals surface area contributed by atoms with Gasteiger partial charge < -0.3 is 15.8 Å². The summed E-state index contributed by atoms with van der Waals surface area (Å²) in [5.74, 6) is 0.984. The second-order valence-electron chi connectivity index (χ2n) is 6.26. The molecule has 2 rings (SSSR count). The van der Waals surface area contributed by atoms with Crippen LogP contribution < -0.4 is 11.1 Å². The van der Waals surface area contributed by atoms with Crippen LogP contribution >= 0.6 is 0 Å². The fourth-order valence-corrected chi connectivity index (χ4v) is 2.97. The van der Waals surface area contributed by atoms with E-state index in [0.717, 1.165) is 18.7 Å². The number of aryl methyl sites for hydroxylation is 2. The van der Waals surface area contributed by atoms with Gasteiger partial charge in [-0.25, -0.2) is 0 Å². The number of ether oxygens (including phenoxy) is 1. The average molecular weight is 303 g/mol. The Kier molecular flexibility index (Phi) is 6.25. The lowest BCUT2D eigenvalue weighted by Crippen LogP contribution is -2.25. The molecular weight excluding hydrogens is 274 g/mol. The molecule has 4 nitrogen and oxygen atoms in total. The summed E-state index contributed by atoms with van der Waals surface area (Å²) >= 11 is 0. The van der Waals surface area contributed by atoms with E-state index >= 15 is 0 Å². The van der Waals surface area contributed by atoms with Gasteiger partial charge in [0.05, 0.1) is 6.10 Å². The highest BCUT2D eigenvalue weighted by Crippen LogP contribution is 2.24. The number of rotatable bonds is 7. The van der Waals surface area contributed by atoms with Gasteiger partial charge in [0, 0.05) is 18.8 Å². The molecule has 1 aliphatic carbocycles. The molecule has 0 fully saturated rings. The molecule has 1 aromatic rings. The highest BCUT2D eigenvalue weighted by Gasteiger charge is 2.13. The maximum Gasteiger partial charge on any atom is 0.193 e. The summed E-state index contributed by atoms with van der Waals surface area (Å²) in [5, 5.41) is 3.19. The van der Waals surface area contributed by atoms with E-state index in [1.807, 2.05) is 6.92 Å². The van der Waals surface area contributed by atoms with Crippen LogP contribution in [0.5, 0.6) is 0 Å². The molecule has 0 radical (unpaired) electrons. The highest BCUT2D eigenvalue weighted by molar-refractivity contribution is 5.92. The zero-order chi connectivity index (χ0) is 15.9. The van der Waals surface area contributed by atoms with Crippen LogP contribution in [-0.4, -0.2) is 25.2 Å². The minimum atomic E-state index is 0.251. The number of benzene rings is 1. The van der Waals surface area contributed by atoms with Crippen LogP contribution in [0, 0.1) is 5.92 Å². The van der Waals surface area contributed by atoms with Crippen LogP contribution in [0.4, 0.5) is 5.69 Å². The van der Waals surface area contributed by atoms with Crippen molar-refractivity contribution in [1.82, 2.24) is 0 Å². The number of guanidine groups is 1. The van der Waals surface area contributed by atoms with Crippen LogP contribution in [0.2, 0.25) is 0 Å². The van der Waals surface area contributed by atoms with Crippen LogP contribution in [0.3, 0.4) is 0 Å². The quantitative estimate of drug-likeness (QED) is 0.600. The monoisotopic (exact) mass is 303 g/mol. The van der Waals surface area contributed by atoms with Gasteiger partial charge in [-0.2, -0.15) is 0 Å². The third-order valence-corrected chi connectivity index (χ3v) is 4.19. The van der Waals surface area contributed by atoms with Crippen molar-refractivity contribution in [2.45, 2.75) is 52.6 Å². The van der Waals surface area contributed by atoms with E-state index in [4.69, 9.17) is 10.5 Å². The molecule has 0 spiro atoms. The average Bonchev–Trinajstić information content (AvgIpc) is 2.93. The molecule has 1 aliphatic rings. The zero-order valence-electron chi connectivity index (χ0n) is 14.1. The molecule has 0 saturated heterocycles. The smallest absolute Gasteiger partial charge is 0.193 e. The molecule has 0 bridgehead atoms. The fraction of sp³-hybridized carbons (Fsp3) is 0.611. The molecule has 22 heavy (non-hydrogen) atoms. The van der Waals surface area contributed by atoms with Gasteiger partial charge in [0.15, 0.2) is 5.96 Å². The Hall–Kier alpha value is -1.55. The third kappa shape index (κ3) is 4.73. The molecule has 4 heteroatoms. The normalized spacial score (nSPS) is 15.9. The number of nitrogens with one attached hydrogen (secondary N) is 1. The van der Waals surface area contributed by atoms with Gasteiger partial charge in [0.1, 0.15) is 0 Å². The molecule has 0 amide bonds. The summed E-state index contributed by atoms with van der Waals surface area (Å²) in [6.07, 6.45) is 4.79. The predicted molar refractivity (Wildman–Crippen MR) is 93.4 cm³/mol. The summed E-state index contributed by atoms with van der Waals surface area (Å²) in [6.45, 7) is 7.82. The minimum absolute atomic E-state index is 0.251. The van der Waals surface area contributed by atoms with E-state index in [1.165, 1.54) is 30.4 Å². The lowest BCUT2D eigenvalue weighted by molar-refractivity contribution is 0.0266. The van der Waals surface area contributed by atoms with Crippen molar-refractivity contribution in [3.63, 3.8) is 0 Å². The first-order chi connectivity index (χ1) is 10.6. The molecule has 1 atom stereocenters. The lowest BCUT2D eigenvalue weighted by Gasteiger charge is -2.19. The molecule has 122 valence electrons. The molecule has 0 aromatic heterocycles. The number of nitrogens with two attached hydrogens (primary N) is 1.